The first-order valence-corrected chi connectivity index (χ1v) is 11.7. The van der Waals surface area contributed by atoms with Gasteiger partial charge in [-0.05, 0) is 69.1 Å². The number of esters is 2. The number of rotatable bonds is 3. The van der Waals surface area contributed by atoms with Gasteiger partial charge in [-0.2, -0.15) is 0 Å². The number of hydrogen-bond acceptors (Lipinski definition) is 7. The van der Waals surface area contributed by atoms with Crippen molar-refractivity contribution in [2.45, 2.75) is 90.4 Å². The molecule has 4 unspecified atom stereocenters. The fraction of sp³-hybridized carbons (Fsp3) is 0.833. The molecule has 8 heteroatoms. The van der Waals surface area contributed by atoms with E-state index in [-0.39, 0.29) is 36.8 Å². The van der Waals surface area contributed by atoms with Crippen molar-refractivity contribution in [2.75, 3.05) is 0 Å². The number of hydrogen-bond donors (Lipinski definition) is 2. The maximum atomic E-state index is 13.9. The van der Waals surface area contributed by atoms with E-state index in [1.807, 2.05) is 0 Å². The number of fused-ring (bicyclic) bond motifs is 5. The molecule has 0 radical (unpaired) electrons. The summed E-state index contributed by atoms with van der Waals surface area (Å²) in [7, 11) is 0. The summed E-state index contributed by atoms with van der Waals surface area (Å²) >= 11 is 0. The van der Waals surface area contributed by atoms with Gasteiger partial charge in [0.2, 0.25) is 0 Å². The number of ketones is 1. The lowest BCUT2D eigenvalue weighted by atomic mass is 9.42. The average molecular weight is 451 g/mol. The molecular weight excluding hydrogens is 416 g/mol. The maximum Gasteiger partial charge on any atom is 0.307 e. The van der Waals surface area contributed by atoms with Crippen LogP contribution in [0.1, 0.15) is 72.6 Å². The topological polar surface area (TPSA) is 127 Å². The second kappa shape index (κ2) is 7.54. The van der Waals surface area contributed by atoms with Gasteiger partial charge in [0.1, 0.15) is 6.10 Å². The van der Waals surface area contributed by atoms with Crippen molar-refractivity contribution < 1.29 is 38.9 Å². The molecule has 0 aliphatic heterocycles. The Balaban J connectivity index is 1.77. The zero-order valence-corrected chi connectivity index (χ0v) is 19.3. The second-order valence-corrected chi connectivity index (χ2v) is 10.9. The second-order valence-electron chi connectivity index (χ2n) is 10.9. The molecule has 4 saturated carbocycles. The lowest BCUT2D eigenvalue weighted by Gasteiger charge is -2.64. The van der Waals surface area contributed by atoms with Crippen molar-refractivity contribution in [3.05, 3.63) is 0 Å². The van der Waals surface area contributed by atoms with Gasteiger partial charge in [-0.15, -0.1) is 0 Å². The van der Waals surface area contributed by atoms with E-state index in [4.69, 9.17) is 9.47 Å². The van der Waals surface area contributed by atoms with Gasteiger partial charge in [-0.1, -0.05) is 6.92 Å². The molecule has 4 aliphatic rings. The minimum atomic E-state index is -1.50. The summed E-state index contributed by atoms with van der Waals surface area (Å²) in [5.74, 6) is -4.06. The van der Waals surface area contributed by atoms with Gasteiger partial charge in [0.15, 0.2) is 11.9 Å². The molecule has 32 heavy (non-hydrogen) atoms. The van der Waals surface area contributed by atoms with E-state index in [1.165, 1.54) is 13.8 Å². The molecule has 0 spiro atoms. The maximum absolute atomic E-state index is 13.9. The van der Waals surface area contributed by atoms with E-state index in [0.717, 1.165) is 6.42 Å². The first kappa shape index (κ1) is 23.2. The molecule has 0 bridgehead atoms. The summed E-state index contributed by atoms with van der Waals surface area (Å²) in [6, 6.07) is 0. The summed E-state index contributed by atoms with van der Waals surface area (Å²) in [5.41, 5.74) is -3.35. The number of Topliss-reactive ketones (excluding diaryl/α,β-unsaturated/α-hetero) is 1. The average Bonchev–Trinajstić information content (AvgIpc) is 2.97. The van der Waals surface area contributed by atoms with Crippen molar-refractivity contribution >= 4 is 23.7 Å². The summed E-state index contributed by atoms with van der Waals surface area (Å²) in [4.78, 5) is 49.5. The molecule has 4 fully saturated rings. The van der Waals surface area contributed by atoms with Gasteiger partial charge >= 0.3 is 17.9 Å². The number of carboxylic acid groups (broad SMARTS) is 1. The third-order valence-electron chi connectivity index (χ3n) is 9.55. The molecule has 9 atom stereocenters. The molecule has 4 aliphatic carbocycles. The molecule has 0 aromatic carbocycles. The predicted molar refractivity (Wildman–Crippen MR) is 111 cm³/mol. The fourth-order valence-electron chi connectivity index (χ4n) is 8.03. The lowest BCUT2D eigenvalue weighted by molar-refractivity contribution is -0.237. The van der Waals surface area contributed by atoms with E-state index < -0.39 is 52.1 Å². The zero-order valence-electron chi connectivity index (χ0n) is 19.3. The third-order valence-corrected chi connectivity index (χ3v) is 9.55. The minimum Gasteiger partial charge on any atom is -0.481 e. The quantitative estimate of drug-likeness (QED) is 0.628. The Bertz CT molecular complexity index is 853. The van der Waals surface area contributed by atoms with Crippen molar-refractivity contribution in [2.24, 2.45) is 34.5 Å². The lowest BCUT2D eigenvalue weighted by Crippen LogP contribution is -2.71. The van der Waals surface area contributed by atoms with Crippen LogP contribution < -0.4 is 0 Å². The molecule has 0 aromatic rings. The number of aliphatic hydroxyl groups is 1. The fourth-order valence-corrected chi connectivity index (χ4v) is 8.03. The molecule has 0 heterocycles. The Morgan fingerprint density at radius 1 is 0.969 bits per heavy atom. The largest absolute Gasteiger partial charge is 0.481 e. The van der Waals surface area contributed by atoms with E-state index >= 15 is 0 Å². The van der Waals surface area contributed by atoms with Gasteiger partial charge in [0.25, 0.3) is 0 Å². The summed E-state index contributed by atoms with van der Waals surface area (Å²) in [6.07, 6.45) is 2.60. The zero-order chi connectivity index (χ0) is 23.6. The van der Waals surface area contributed by atoms with Crippen LogP contribution in [0, 0.1) is 34.5 Å². The smallest absolute Gasteiger partial charge is 0.307 e. The number of carboxylic acids is 1. The minimum absolute atomic E-state index is 0.150. The van der Waals surface area contributed by atoms with Crippen LogP contribution in [0.5, 0.6) is 0 Å². The van der Waals surface area contributed by atoms with Crippen LogP contribution in [-0.2, 0) is 28.7 Å². The van der Waals surface area contributed by atoms with Crippen molar-refractivity contribution in [3.63, 3.8) is 0 Å². The van der Waals surface area contributed by atoms with Crippen LogP contribution in [-0.4, -0.2) is 51.7 Å². The first-order valence-electron chi connectivity index (χ1n) is 11.7. The van der Waals surface area contributed by atoms with Gasteiger partial charge in [-0.3, -0.25) is 19.2 Å². The van der Waals surface area contributed by atoms with Gasteiger partial charge in [0.05, 0.1) is 16.9 Å². The van der Waals surface area contributed by atoms with Gasteiger partial charge in [-0.25, -0.2) is 0 Å². The number of aliphatic carboxylic acids is 1. The Morgan fingerprint density at radius 3 is 2.22 bits per heavy atom. The van der Waals surface area contributed by atoms with Crippen molar-refractivity contribution in [1.29, 1.82) is 0 Å². The van der Waals surface area contributed by atoms with Crippen LogP contribution in [0.3, 0.4) is 0 Å². The highest BCUT2D eigenvalue weighted by Crippen LogP contribution is 2.68. The standard InChI is InChI=1S/C24H34O8/c1-12(25)31-15-7-9-22(3)14(11-15)5-6-16-18(22)19(32-13(2)26)20(27)23(4)17(21(28)29)8-10-24(16,23)30/h14-19,30H,5-11H2,1-4H3,(H,28,29)/t14?,15-,16?,17+,18?,19?,22-,23-,24-/m0/s1. The number of ether oxygens (including phenoxy) is 2. The Kier molecular flexibility index (Phi) is 5.47. The summed E-state index contributed by atoms with van der Waals surface area (Å²) < 4.78 is 11.1. The number of carbonyl (C=O) groups is 4. The molecule has 178 valence electrons. The molecule has 0 amide bonds. The highest BCUT2D eigenvalue weighted by atomic mass is 16.5. The Labute approximate surface area is 188 Å². The normalized spacial score (nSPS) is 47.6. The van der Waals surface area contributed by atoms with Crippen LogP contribution in [0.2, 0.25) is 0 Å². The van der Waals surface area contributed by atoms with E-state index in [2.05, 4.69) is 6.92 Å². The van der Waals surface area contributed by atoms with Crippen LogP contribution in [0.25, 0.3) is 0 Å². The molecule has 4 rings (SSSR count). The molecule has 0 aromatic heterocycles. The summed E-state index contributed by atoms with van der Waals surface area (Å²) in [6.45, 7) is 6.31. The highest BCUT2D eigenvalue weighted by molar-refractivity contribution is 5.97. The highest BCUT2D eigenvalue weighted by Gasteiger charge is 2.75. The SMILES string of the molecule is CC(=O)OC1C(=O)[C@]2(C)[C@@H](C(=O)O)CC[C@]2(O)C2CCC3C[C@@H](OC(C)=O)CC[C@]3(C)C12. The van der Waals surface area contributed by atoms with E-state index in [1.54, 1.807) is 6.92 Å². The first-order chi connectivity index (χ1) is 14.9. The van der Waals surface area contributed by atoms with E-state index in [0.29, 0.717) is 25.7 Å². The molecule has 2 N–H and O–H groups in total. The Hall–Kier alpha value is -1.96. The van der Waals surface area contributed by atoms with Crippen LogP contribution in [0.4, 0.5) is 0 Å². The third kappa shape index (κ3) is 3.05. The summed E-state index contributed by atoms with van der Waals surface area (Å²) in [5, 5.41) is 21.8. The monoisotopic (exact) mass is 450 g/mol. The van der Waals surface area contributed by atoms with E-state index in [9.17, 15) is 29.4 Å². The molecular formula is C24H34O8. The van der Waals surface area contributed by atoms with Gasteiger partial charge in [0, 0.05) is 19.8 Å². The van der Waals surface area contributed by atoms with Gasteiger partial charge < -0.3 is 19.7 Å². The Morgan fingerprint density at radius 2 is 1.62 bits per heavy atom. The van der Waals surface area contributed by atoms with Crippen molar-refractivity contribution in [1.82, 2.24) is 0 Å². The molecule has 8 nitrogen and oxygen atoms in total. The van der Waals surface area contributed by atoms with Crippen LogP contribution in [0.15, 0.2) is 0 Å². The number of carbonyl (C=O) groups excluding carboxylic acids is 3. The molecule has 0 saturated heterocycles. The predicted octanol–water partition coefficient (Wildman–Crippen LogP) is 2.50. The van der Waals surface area contributed by atoms with Crippen molar-refractivity contribution in [3.8, 4) is 0 Å². The van der Waals surface area contributed by atoms with Crippen LogP contribution >= 0.6 is 0 Å².